The first-order valence-corrected chi connectivity index (χ1v) is 8.05. The molecule has 0 unspecified atom stereocenters. The van der Waals surface area contributed by atoms with Gasteiger partial charge in [0.15, 0.2) is 0 Å². The van der Waals surface area contributed by atoms with Crippen molar-refractivity contribution in [3.8, 4) is 6.07 Å². The van der Waals surface area contributed by atoms with E-state index < -0.39 is 0 Å². The molecule has 4 nitrogen and oxygen atoms in total. The molecule has 0 fully saturated rings. The van der Waals surface area contributed by atoms with Crippen LogP contribution in [0, 0.1) is 11.3 Å². The fourth-order valence-electron chi connectivity index (χ4n) is 3.29. The van der Waals surface area contributed by atoms with Crippen LogP contribution in [-0.2, 0) is 24.1 Å². The number of furan rings is 1. The molecule has 1 N–H and O–H groups in total. The molecule has 1 aliphatic rings. The maximum Gasteiger partial charge on any atom is 0.228 e. The number of nitriles is 1. The summed E-state index contributed by atoms with van der Waals surface area (Å²) >= 11 is 0. The summed E-state index contributed by atoms with van der Waals surface area (Å²) in [7, 11) is 0. The Morgan fingerprint density at radius 2 is 1.92 bits per heavy atom. The molecular formula is C20H16N2O2. The number of rotatable bonds is 3. The summed E-state index contributed by atoms with van der Waals surface area (Å²) in [5, 5.41) is 12.7. The lowest BCUT2D eigenvalue weighted by Gasteiger charge is -2.05. The van der Waals surface area contributed by atoms with Crippen molar-refractivity contribution in [3.05, 3.63) is 64.9 Å². The van der Waals surface area contributed by atoms with Gasteiger partial charge >= 0.3 is 0 Å². The van der Waals surface area contributed by atoms with E-state index in [2.05, 4.69) is 23.5 Å². The van der Waals surface area contributed by atoms with E-state index in [1.165, 1.54) is 17.5 Å². The molecule has 24 heavy (non-hydrogen) atoms. The number of amides is 1. The van der Waals surface area contributed by atoms with Crippen molar-refractivity contribution in [2.75, 3.05) is 5.32 Å². The number of nitrogens with one attached hydrogen (secondary N) is 1. The second-order valence-electron chi connectivity index (χ2n) is 6.15. The van der Waals surface area contributed by atoms with Gasteiger partial charge in [-0.1, -0.05) is 0 Å². The Kier molecular flexibility index (Phi) is 3.55. The van der Waals surface area contributed by atoms with Gasteiger partial charge in [0.05, 0.1) is 24.3 Å². The number of fused-ring (bicyclic) bond motifs is 2. The molecule has 2 aromatic carbocycles. The number of anilines is 1. The first kappa shape index (κ1) is 14.5. The highest BCUT2D eigenvalue weighted by Gasteiger charge is 2.16. The van der Waals surface area contributed by atoms with Crippen molar-refractivity contribution in [2.45, 2.75) is 25.7 Å². The molecule has 1 aromatic heterocycles. The number of aryl methyl sites for hydroxylation is 2. The van der Waals surface area contributed by atoms with Crippen LogP contribution in [0.3, 0.4) is 0 Å². The van der Waals surface area contributed by atoms with E-state index >= 15 is 0 Å². The Morgan fingerprint density at radius 1 is 1.17 bits per heavy atom. The third-order valence-electron chi connectivity index (χ3n) is 4.52. The number of nitrogens with zero attached hydrogens (tertiary/aromatic N) is 1. The summed E-state index contributed by atoms with van der Waals surface area (Å²) in [4.78, 5) is 12.3. The predicted octanol–water partition coefficient (Wildman–Crippen LogP) is 3.97. The van der Waals surface area contributed by atoms with E-state index in [9.17, 15) is 4.79 Å². The lowest BCUT2D eigenvalue weighted by Crippen LogP contribution is -2.14. The zero-order valence-electron chi connectivity index (χ0n) is 13.1. The van der Waals surface area contributed by atoms with Crippen LogP contribution in [0.5, 0.6) is 0 Å². The highest BCUT2D eigenvalue weighted by molar-refractivity contribution is 5.95. The van der Waals surface area contributed by atoms with Crippen molar-refractivity contribution < 1.29 is 9.21 Å². The molecule has 0 bridgehead atoms. The van der Waals surface area contributed by atoms with E-state index in [1.54, 1.807) is 30.5 Å². The molecule has 1 aliphatic carbocycles. The summed E-state index contributed by atoms with van der Waals surface area (Å²) in [6, 6.07) is 13.2. The van der Waals surface area contributed by atoms with E-state index in [1.807, 2.05) is 0 Å². The van der Waals surface area contributed by atoms with Gasteiger partial charge in [-0.3, -0.25) is 4.79 Å². The van der Waals surface area contributed by atoms with Crippen LogP contribution >= 0.6 is 0 Å². The fourth-order valence-corrected chi connectivity index (χ4v) is 3.29. The minimum atomic E-state index is -0.0945. The van der Waals surface area contributed by atoms with Gasteiger partial charge in [-0.05, 0) is 66.8 Å². The van der Waals surface area contributed by atoms with Gasteiger partial charge in [0.25, 0.3) is 0 Å². The molecule has 118 valence electrons. The smallest absolute Gasteiger partial charge is 0.228 e. The molecular weight excluding hydrogens is 300 g/mol. The van der Waals surface area contributed by atoms with Gasteiger partial charge in [0.1, 0.15) is 5.58 Å². The molecule has 1 heterocycles. The lowest BCUT2D eigenvalue weighted by atomic mass is 10.0. The van der Waals surface area contributed by atoms with Crippen LogP contribution in [0.15, 0.2) is 47.1 Å². The molecule has 3 aromatic rings. The highest BCUT2D eigenvalue weighted by Crippen LogP contribution is 2.30. The number of hydrogen-bond acceptors (Lipinski definition) is 3. The van der Waals surface area contributed by atoms with Gasteiger partial charge in [-0.15, -0.1) is 0 Å². The molecule has 0 radical (unpaired) electrons. The van der Waals surface area contributed by atoms with Crippen LogP contribution in [0.25, 0.3) is 11.0 Å². The Balaban J connectivity index is 1.53. The standard InChI is InChI=1S/C20H16N2O2/c21-11-13-4-6-17(7-5-13)22-20(23)10-16-12-24-19-9-15-3-1-2-14(15)8-18(16)19/h4-9,12H,1-3,10H2,(H,22,23). The normalized spacial score (nSPS) is 12.8. The summed E-state index contributed by atoms with van der Waals surface area (Å²) in [6.07, 6.45) is 5.36. The zero-order chi connectivity index (χ0) is 16.5. The number of hydrogen-bond donors (Lipinski definition) is 1. The minimum Gasteiger partial charge on any atom is -0.464 e. The predicted molar refractivity (Wildman–Crippen MR) is 91.7 cm³/mol. The summed E-state index contributed by atoms with van der Waals surface area (Å²) in [5.41, 5.74) is 5.76. The Bertz CT molecular complexity index is 962. The van der Waals surface area contributed by atoms with E-state index in [0.29, 0.717) is 11.3 Å². The number of carbonyl (C=O) groups excluding carboxylic acids is 1. The third kappa shape index (κ3) is 2.65. The second kappa shape index (κ2) is 5.86. The summed E-state index contributed by atoms with van der Waals surface area (Å²) in [6.45, 7) is 0. The first-order valence-electron chi connectivity index (χ1n) is 8.05. The van der Waals surface area contributed by atoms with E-state index in [0.717, 1.165) is 29.4 Å². The average molecular weight is 316 g/mol. The topological polar surface area (TPSA) is 66.0 Å². The van der Waals surface area contributed by atoms with Gasteiger partial charge in [0, 0.05) is 16.6 Å². The molecule has 0 atom stereocenters. The zero-order valence-corrected chi connectivity index (χ0v) is 13.1. The Morgan fingerprint density at radius 3 is 2.67 bits per heavy atom. The average Bonchev–Trinajstić information content (AvgIpc) is 3.20. The SMILES string of the molecule is N#Cc1ccc(NC(=O)Cc2coc3cc4c(cc23)CCC4)cc1. The molecule has 0 spiro atoms. The van der Waals surface area contributed by atoms with Crippen molar-refractivity contribution in [1.29, 1.82) is 5.26 Å². The quantitative estimate of drug-likeness (QED) is 0.795. The molecule has 0 saturated carbocycles. The summed E-state index contributed by atoms with van der Waals surface area (Å²) in [5.74, 6) is -0.0945. The van der Waals surface area contributed by atoms with Gasteiger partial charge in [-0.25, -0.2) is 0 Å². The van der Waals surface area contributed by atoms with Gasteiger partial charge < -0.3 is 9.73 Å². The lowest BCUT2D eigenvalue weighted by molar-refractivity contribution is -0.115. The molecule has 0 saturated heterocycles. The van der Waals surface area contributed by atoms with Gasteiger partial charge in [0.2, 0.25) is 5.91 Å². The van der Waals surface area contributed by atoms with E-state index in [-0.39, 0.29) is 12.3 Å². The number of carbonyl (C=O) groups is 1. The minimum absolute atomic E-state index is 0.0945. The monoisotopic (exact) mass is 316 g/mol. The molecule has 4 heteroatoms. The highest BCUT2D eigenvalue weighted by atomic mass is 16.3. The van der Waals surface area contributed by atoms with Crippen molar-refractivity contribution in [1.82, 2.24) is 0 Å². The largest absolute Gasteiger partial charge is 0.464 e. The van der Waals surface area contributed by atoms with Crippen LogP contribution in [-0.4, -0.2) is 5.91 Å². The molecule has 0 aliphatic heterocycles. The van der Waals surface area contributed by atoms with Crippen molar-refractivity contribution in [3.63, 3.8) is 0 Å². The fraction of sp³-hybridized carbons (Fsp3) is 0.200. The Hall–Kier alpha value is -3.06. The van der Waals surface area contributed by atoms with Crippen LogP contribution < -0.4 is 5.32 Å². The number of benzene rings is 2. The van der Waals surface area contributed by atoms with Crippen molar-refractivity contribution >= 4 is 22.6 Å². The first-order chi connectivity index (χ1) is 11.7. The molecule has 1 amide bonds. The maximum absolute atomic E-state index is 12.3. The second-order valence-corrected chi connectivity index (χ2v) is 6.15. The van der Waals surface area contributed by atoms with Crippen LogP contribution in [0.2, 0.25) is 0 Å². The van der Waals surface area contributed by atoms with Gasteiger partial charge in [-0.2, -0.15) is 5.26 Å². The van der Waals surface area contributed by atoms with Crippen molar-refractivity contribution in [2.24, 2.45) is 0 Å². The van der Waals surface area contributed by atoms with Crippen LogP contribution in [0.4, 0.5) is 5.69 Å². The maximum atomic E-state index is 12.3. The Labute approximate surface area is 139 Å². The van der Waals surface area contributed by atoms with E-state index in [4.69, 9.17) is 9.68 Å². The molecule has 4 rings (SSSR count). The van der Waals surface area contributed by atoms with Crippen LogP contribution in [0.1, 0.15) is 28.7 Å². The summed E-state index contributed by atoms with van der Waals surface area (Å²) < 4.78 is 5.64. The third-order valence-corrected chi connectivity index (χ3v) is 4.52.